The molecule has 2 atom stereocenters. The predicted molar refractivity (Wildman–Crippen MR) is 81.3 cm³/mol. The molecule has 6 heteroatoms. The van der Waals surface area contributed by atoms with Gasteiger partial charge in [-0.15, -0.1) is 0 Å². The molecule has 1 fully saturated rings. The fourth-order valence-electron chi connectivity index (χ4n) is 2.43. The third-order valence-corrected chi connectivity index (χ3v) is 3.38. The standard InChI is InChI=1S/C15H30N2O4/c1-14(2,3)21-13(19)16-9-15(4,5)10-17(6)11-7-20-8-12(11)18/h11-12,18H,7-10H2,1-6H3,(H,16,19)/t11-,12-/m1/s1. The first-order valence-electron chi connectivity index (χ1n) is 7.43. The molecule has 0 aliphatic carbocycles. The molecule has 21 heavy (non-hydrogen) atoms. The zero-order chi connectivity index (χ0) is 16.3. The number of amides is 1. The third-order valence-electron chi connectivity index (χ3n) is 3.38. The molecule has 1 aliphatic rings. The molecule has 0 bridgehead atoms. The van der Waals surface area contributed by atoms with E-state index in [0.29, 0.717) is 19.8 Å². The molecule has 0 radical (unpaired) electrons. The van der Waals surface area contributed by atoms with Crippen molar-refractivity contribution in [2.24, 2.45) is 5.41 Å². The topological polar surface area (TPSA) is 71.0 Å². The Morgan fingerprint density at radius 3 is 2.43 bits per heavy atom. The average molecular weight is 302 g/mol. The molecule has 0 aromatic rings. The Hall–Kier alpha value is -0.850. The van der Waals surface area contributed by atoms with E-state index >= 15 is 0 Å². The van der Waals surface area contributed by atoms with Crippen LogP contribution in [-0.4, -0.2) is 67.2 Å². The van der Waals surface area contributed by atoms with Gasteiger partial charge in [0.15, 0.2) is 0 Å². The summed E-state index contributed by atoms with van der Waals surface area (Å²) >= 11 is 0. The lowest BCUT2D eigenvalue weighted by Crippen LogP contribution is -2.48. The van der Waals surface area contributed by atoms with Crippen LogP contribution in [0.25, 0.3) is 0 Å². The number of aliphatic hydroxyl groups excluding tert-OH is 1. The molecular formula is C15H30N2O4. The molecule has 0 spiro atoms. The predicted octanol–water partition coefficient (Wildman–Crippen LogP) is 1.23. The normalized spacial score (nSPS) is 23.4. The molecule has 6 nitrogen and oxygen atoms in total. The van der Waals surface area contributed by atoms with E-state index in [9.17, 15) is 9.90 Å². The van der Waals surface area contributed by atoms with Crippen LogP contribution in [0.3, 0.4) is 0 Å². The van der Waals surface area contributed by atoms with E-state index in [0.717, 1.165) is 6.54 Å². The van der Waals surface area contributed by atoms with Gasteiger partial charge in [0.25, 0.3) is 0 Å². The van der Waals surface area contributed by atoms with Gasteiger partial charge >= 0.3 is 6.09 Å². The minimum Gasteiger partial charge on any atom is -0.444 e. The van der Waals surface area contributed by atoms with Crippen molar-refractivity contribution < 1.29 is 19.4 Å². The second kappa shape index (κ2) is 6.94. The SMILES string of the molecule is CN(CC(C)(C)CNC(=O)OC(C)(C)C)[C@@H]1COC[C@H]1O. The third kappa shape index (κ3) is 6.63. The highest BCUT2D eigenvalue weighted by molar-refractivity contribution is 5.67. The van der Waals surface area contributed by atoms with E-state index in [4.69, 9.17) is 9.47 Å². The van der Waals surface area contributed by atoms with Crippen molar-refractivity contribution in [1.29, 1.82) is 0 Å². The summed E-state index contributed by atoms with van der Waals surface area (Å²) in [5, 5.41) is 12.7. The highest BCUT2D eigenvalue weighted by atomic mass is 16.6. The fraction of sp³-hybridized carbons (Fsp3) is 0.933. The molecule has 0 unspecified atom stereocenters. The number of hydrogen-bond acceptors (Lipinski definition) is 5. The Labute approximate surface area is 127 Å². The maximum Gasteiger partial charge on any atom is 0.407 e. The maximum atomic E-state index is 11.7. The summed E-state index contributed by atoms with van der Waals surface area (Å²) in [6.07, 6.45) is -0.841. The number of aliphatic hydroxyl groups is 1. The summed E-state index contributed by atoms with van der Waals surface area (Å²) in [7, 11) is 1.97. The summed E-state index contributed by atoms with van der Waals surface area (Å²) in [4.78, 5) is 13.8. The maximum absolute atomic E-state index is 11.7. The van der Waals surface area contributed by atoms with E-state index in [1.165, 1.54) is 0 Å². The van der Waals surface area contributed by atoms with E-state index in [2.05, 4.69) is 24.1 Å². The zero-order valence-electron chi connectivity index (χ0n) is 14.1. The van der Waals surface area contributed by atoms with Gasteiger partial charge in [-0.1, -0.05) is 13.8 Å². The second-order valence-electron chi connectivity index (χ2n) is 7.61. The molecule has 124 valence electrons. The van der Waals surface area contributed by atoms with Crippen LogP contribution in [0.1, 0.15) is 34.6 Å². The number of likely N-dealkylation sites (N-methyl/N-ethyl adjacent to an activating group) is 1. The smallest absolute Gasteiger partial charge is 0.407 e. The fourth-order valence-corrected chi connectivity index (χ4v) is 2.43. The lowest BCUT2D eigenvalue weighted by molar-refractivity contribution is 0.0467. The van der Waals surface area contributed by atoms with Gasteiger partial charge in [0.2, 0.25) is 0 Å². The van der Waals surface area contributed by atoms with Crippen LogP contribution in [0, 0.1) is 5.41 Å². The van der Waals surface area contributed by atoms with Gasteiger partial charge in [0, 0.05) is 13.1 Å². The van der Waals surface area contributed by atoms with Crippen molar-refractivity contribution >= 4 is 6.09 Å². The van der Waals surface area contributed by atoms with Gasteiger partial charge in [-0.3, -0.25) is 4.90 Å². The Morgan fingerprint density at radius 1 is 1.33 bits per heavy atom. The van der Waals surface area contributed by atoms with Crippen LogP contribution in [0.5, 0.6) is 0 Å². The van der Waals surface area contributed by atoms with Crippen molar-refractivity contribution in [3.63, 3.8) is 0 Å². The lowest BCUT2D eigenvalue weighted by Gasteiger charge is -2.34. The van der Waals surface area contributed by atoms with E-state index in [-0.39, 0.29) is 11.5 Å². The number of hydrogen-bond donors (Lipinski definition) is 2. The van der Waals surface area contributed by atoms with Crippen molar-refractivity contribution in [1.82, 2.24) is 10.2 Å². The lowest BCUT2D eigenvalue weighted by atomic mass is 9.92. The van der Waals surface area contributed by atoms with Crippen LogP contribution in [-0.2, 0) is 9.47 Å². The molecule has 2 N–H and O–H groups in total. The molecule has 0 aromatic carbocycles. The van der Waals surface area contributed by atoms with Crippen LogP contribution >= 0.6 is 0 Å². The molecule has 1 aliphatic heterocycles. The zero-order valence-corrected chi connectivity index (χ0v) is 14.1. The summed E-state index contributed by atoms with van der Waals surface area (Å²) < 4.78 is 10.5. The highest BCUT2D eigenvalue weighted by Gasteiger charge is 2.33. The van der Waals surface area contributed by atoms with E-state index in [1.807, 2.05) is 27.8 Å². The van der Waals surface area contributed by atoms with E-state index in [1.54, 1.807) is 0 Å². The highest BCUT2D eigenvalue weighted by Crippen LogP contribution is 2.20. The summed E-state index contributed by atoms with van der Waals surface area (Å²) in [6, 6.07) is 0.0193. The largest absolute Gasteiger partial charge is 0.444 e. The molecule has 0 saturated carbocycles. The van der Waals surface area contributed by atoms with Gasteiger partial charge in [-0.25, -0.2) is 4.79 Å². The molecule has 1 heterocycles. The van der Waals surface area contributed by atoms with Crippen LogP contribution in [0.2, 0.25) is 0 Å². The molecule has 1 saturated heterocycles. The number of nitrogens with zero attached hydrogens (tertiary/aromatic N) is 1. The number of rotatable bonds is 5. The molecule has 1 amide bonds. The van der Waals surface area contributed by atoms with Crippen LogP contribution < -0.4 is 5.32 Å². The van der Waals surface area contributed by atoms with Crippen molar-refractivity contribution in [3.8, 4) is 0 Å². The number of ether oxygens (including phenoxy) is 2. The summed E-state index contributed by atoms with van der Waals surface area (Å²) in [5.74, 6) is 0. The first-order chi connectivity index (χ1) is 9.50. The quantitative estimate of drug-likeness (QED) is 0.799. The summed E-state index contributed by atoms with van der Waals surface area (Å²) in [6.45, 7) is 11.9. The van der Waals surface area contributed by atoms with Crippen molar-refractivity contribution in [3.05, 3.63) is 0 Å². The van der Waals surface area contributed by atoms with Gasteiger partial charge in [0.1, 0.15) is 5.60 Å². The Bertz CT molecular complexity index is 352. The number of carbonyl (C=O) groups excluding carboxylic acids is 1. The molecular weight excluding hydrogens is 272 g/mol. The van der Waals surface area contributed by atoms with Crippen LogP contribution in [0.4, 0.5) is 4.79 Å². The van der Waals surface area contributed by atoms with Gasteiger partial charge in [-0.2, -0.15) is 0 Å². The molecule has 0 aromatic heterocycles. The number of carbonyl (C=O) groups is 1. The first kappa shape index (κ1) is 18.2. The molecule has 1 rings (SSSR count). The first-order valence-corrected chi connectivity index (χ1v) is 7.43. The Balaban J connectivity index is 2.40. The minimum absolute atomic E-state index is 0.0193. The number of alkyl carbamates (subject to hydrolysis) is 1. The van der Waals surface area contributed by atoms with Gasteiger partial charge in [-0.05, 0) is 33.2 Å². The number of nitrogens with one attached hydrogen (secondary N) is 1. The van der Waals surface area contributed by atoms with Crippen molar-refractivity contribution in [2.75, 3.05) is 33.4 Å². The van der Waals surface area contributed by atoms with Gasteiger partial charge < -0.3 is 19.9 Å². The second-order valence-corrected chi connectivity index (χ2v) is 7.61. The Morgan fingerprint density at radius 2 is 1.95 bits per heavy atom. The van der Waals surface area contributed by atoms with Crippen LogP contribution in [0.15, 0.2) is 0 Å². The minimum atomic E-state index is -0.490. The van der Waals surface area contributed by atoms with E-state index < -0.39 is 17.8 Å². The van der Waals surface area contributed by atoms with Gasteiger partial charge in [0.05, 0.1) is 25.4 Å². The monoisotopic (exact) mass is 302 g/mol. The summed E-state index contributed by atoms with van der Waals surface area (Å²) in [5.41, 5.74) is -0.621. The Kier molecular flexibility index (Phi) is 6.01. The van der Waals surface area contributed by atoms with Crippen molar-refractivity contribution in [2.45, 2.75) is 52.4 Å². The average Bonchev–Trinajstić information content (AvgIpc) is 2.70.